The van der Waals surface area contributed by atoms with Gasteiger partial charge in [-0.3, -0.25) is 0 Å². The van der Waals surface area contributed by atoms with Crippen LogP contribution in [-0.2, 0) is 0 Å². The van der Waals surface area contributed by atoms with Crippen molar-refractivity contribution in [3.63, 3.8) is 0 Å². The quantitative estimate of drug-likeness (QED) is 0.852. The lowest BCUT2D eigenvalue weighted by Crippen LogP contribution is -2.35. The molecule has 2 rings (SSSR count). The van der Waals surface area contributed by atoms with Crippen LogP contribution < -0.4 is 5.32 Å². The van der Waals surface area contributed by atoms with Gasteiger partial charge < -0.3 is 10.2 Å². The Balaban J connectivity index is 2.07. The van der Waals surface area contributed by atoms with E-state index in [1.165, 1.54) is 37.1 Å². The van der Waals surface area contributed by atoms with Crippen LogP contribution in [-0.4, -0.2) is 31.1 Å². The highest BCUT2D eigenvalue weighted by Crippen LogP contribution is 2.32. The lowest BCUT2D eigenvalue weighted by atomic mass is 9.90. The molecular formula is C16H26N2. The largest absolute Gasteiger partial charge is 0.385 e. The molecule has 0 saturated carbocycles. The Morgan fingerprint density at radius 3 is 2.72 bits per heavy atom. The molecule has 1 aromatic carbocycles. The van der Waals surface area contributed by atoms with E-state index in [-0.39, 0.29) is 0 Å². The standard InChI is InChI=1S/C16H26N2/c1-4-14(5-2)18(3)12-13-10-11-17-16-9-7-6-8-15(13)16/h6-9,13-14,17H,4-5,10-12H2,1-3H3. The fourth-order valence-electron chi connectivity index (χ4n) is 3.15. The van der Waals surface area contributed by atoms with E-state index in [0.717, 1.165) is 12.6 Å². The van der Waals surface area contributed by atoms with Gasteiger partial charge in [0.1, 0.15) is 0 Å². The number of hydrogen-bond donors (Lipinski definition) is 1. The summed E-state index contributed by atoms with van der Waals surface area (Å²) in [5.74, 6) is 0.688. The summed E-state index contributed by atoms with van der Waals surface area (Å²) in [6.07, 6.45) is 3.75. The van der Waals surface area contributed by atoms with Crippen molar-refractivity contribution in [3.8, 4) is 0 Å². The van der Waals surface area contributed by atoms with E-state index in [4.69, 9.17) is 0 Å². The molecule has 0 fully saturated rings. The third-order valence-corrected chi connectivity index (χ3v) is 4.28. The molecule has 1 atom stereocenters. The summed E-state index contributed by atoms with van der Waals surface area (Å²) in [6.45, 7) is 6.88. The molecule has 18 heavy (non-hydrogen) atoms. The van der Waals surface area contributed by atoms with Crippen LogP contribution in [0.15, 0.2) is 24.3 Å². The number of para-hydroxylation sites is 1. The number of fused-ring (bicyclic) bond motifs is 1. The van der Waals surface area contributed by atoms with Gasteiger partial charge in [0.15, 0.2) is 0 Å². The van der Waals surface area contributed by atoms with Gasteiger partial charge in [-0.25, -0.2) is 0 Å². The van der Waals surface area contributed by atoms with Crippen molar-refractivity contribution >= 4 is 5.69 Å². The number of nitrogens with zero attached hydrogens (tertiary/aromatic N) is 1. The first-order valence-corrected chi connectivity index (χ1v) is 7.29. The summed E-state index contributed by atoms with van der Waals surface area (Å²) < 4.78 is 0. The normalized spacial score (nSPS) is 18.8. The van der Waals surface area contributed by atoms with E-state index in [1.807, 2.05) is 0 Å². The van der Waals surface area contributed by atoms with Crippen LogP contribution in [0.3, 0.4) is 0 Å². The molecule has 0 aliphatic carbocycles. The summed E-state index contributed by atoms with van der Waals surface area (Å²) in [4.78, 5) is 2.55. The van der Waals surface area contributed by atoms with Gasteiger partial charge in [-0.05, 0) is 37.9 Å². The maximum absolute atomic E-state index is 3.50. The fourth-order valence-corrected chi connectivity index (χ4v) is 3.15. The Morgan fingerprint density at radius 1 is 1.28 bits per heavy atom. The molecule has 0 radical (unpaired) electrons. The van der Waals surface area contributed by atoms with Crippen molar-refractivity contribution in [2.45, 2.75) is 45.1 Å². The van der Waals surface area contributed by atoms with E-state index >= 15 is 0 Å². The minimum absolute atomic E-state index is 0.688. The third-order valence-electron chi connectivity index (χ3n) is 4.28. The number of nitrogens with one attached hydrogen (secondary N) is 1. The molecule has 0 bridgehead atoms. The van der Waals surface area contributed by atoms with E-state index in [2.05, 4.69) is 55.4 Å². The molecule has 0 saturated heterocycles. The Bertz CT molecular complexity index is 371. The SMILES string of the molecule is CCC(CC)N(C)CC1CCNc2ccccc21. The van der Waals surface area contributed by atoms with Crippen LogP contribution >= 0.6 is 0 Å². The summed E-state index contributed by atoms with van der Waals surface area (Å²) in [7, 11) is 2.28. The number of rotatable bonds is 5. The average Bonchev–Trinajstić information content (AvgIpc) is 2.40. The summed E-state index contributed by atoms with van der Waals surface area (Å²) in [6, 6.07) is 9.51. The molecule has 1 N–H and O–H groups in total. The minimum Gasteiger partial charge on any atom is -0.385 e. The van der Waals surface area contributed by atoms with Gasteiger partial charge in [-0.1, -0.05) is 32.0 Å². The second-order valence-electron chi connectivity index (χ2n) is 5.41. The van der Waals surface area contributed by atoms with E-state index < -0.39 is 0 Å². The van der Waals surface area contributed by atoms with Gasteiger partial charge in [0.2, 0.25) is 0 Å². The first-order chi connectivity index (χ1) is 8.76. The van der Waals surface area contributed by atoms with Crippen molar-refractivity contribution in [3.05, 3.63) is 29.8 Å². The number of hydrogen-bond acceptors (Lipinski definition) is 2. The van der Waals surface area contributed by atoms with Crippen LogP contribution in [0.4, 0.5) is 5.69 Å². The summed E-state index contributed by atoms with van der Waals surface area (Å²) >= 11 is 0. The maximum atomic E-state index is 3.50. The van der Waals surface area contributed by atoms with Crippen molar-refractivity contribution in [2.75, 3.05) is 25.5 Å². The minimum atomic E-state index is 0.688. The molecule has 0 spiro atoms. The molecule has 1 unspecified atom stereocenters. The van der Waals surface area contributed by atoms with Crippen molar-refractivity contribution in [2.24, 2.45) is 0 Å². The van der Waals surface area contributed by atoms with Gasteiger partial charge in [-0.2, -0.15) is 0 Å². The van der Waals surface area contributed by atoms with Crippen molar-refractivity contribution in [1.29, 1.82) is 0 Å². The second kappa shape index (κ2) is 6.24. The molecule has 100 valence electrons. The average molecular weight is 246 g/mol. The third kappa shape index (κ3) is 2.86. The van der Waals surface area contributed by atoms with Crippen LogP contribution in [0, 0.1) is 0 Å². The van der Waals surface area contributed by atoms with Gasteiger partial charge in [0, 0.05) is 30.7 Å². The molecular weight excluding hydrogens is 220 g/mol. The summed E-state index contributed by atoms with van der Waals surface area (Å²) in [5, 5.41) is 3.50. The monoisotopic (exact) mass is 246 g/mol. The van der Waals surface area contributed by atoms with Gasteiger partial charge in [-0.15, -0.1) is 0 Å². The van der Waals surface area contributed by atoms with Crippen molar-refractivity contribution < 1.29 is 0 Å². The van der Waals surface area contributed by atoms with E-state index in [0.29, 0.717) is 5.92 Å². The van der Waals surface area contributed by atoms with E-state index in [1.54, 1.807) is 0 Å². The van der Waals surface area contributed by atoms with Crippen LogP contribution in [0.5, 0.6) is 0 Å². The van der Waals surface area contributed by atoms with Crippen LogP contribution in [0.2, 0.25) is 0 Å². The highest BCUT2D eigenvalue weighted by atomic mass is 15.1. The van der Waals surface area contributed by atoms with Gasteiger partial charge in [0.25, 0.3) is 0 Å². The Morgan fingerprint density at radius 2 is 2.00 bits per heavy atom. The predicted molar refractivity (Wildman–Crippen MR) is 79.3 cm³/mol. The lowest BCUT2D eigenvalue weighted by molar-refractivity contribution is 0.213. The molecule has 0 aromatic heterocycles. The molecule has 1 aliphatic rings. The second-order valence-corrected chi connectivity index (χ2v) is 5.41. The first-order valence-electron chi connectivity index (χ1n) is 7.29. The molecule has 1 aliphatic heterocycles. The topological polar surface area (TPSA) is 15.3 Å². The highest BCUT2D eigenvalue weighted by Gasteiger charge is 2.22. The Labute approximate surface area is 111 Å². The number of likely N-dealkylation sites (N-methyl/N-ethyl adjacent to an activating group) is 1. The Hall–Kier alpha value is -1.02. The zero-order chi connectivity index (χ0) is 13.0. The molecule has 2 nitrogen and oxygen atoms in total. The fraction of sp³-hybridized carbons (Fsp3) is 0.625. The van der Waals surface area contributed by atoms with Gasteiger partial charge in [0.05, 0.1) is 0 Å². The lowest BCUT2D eigenvalue weighted by Gasteiger charge is -2.33. The number of anilines is 1. The summed E-state index contributed by atoms with van der Waals surface area (Å²) in [5.41, 5.74) is 2.84. The molecule has 1 aromatic rings. The van der Waals surface area contributed by atoms with Crippen molar-refractivity contribution in [1.82, 2.24) is 4.90 Å². The smallest absolute Gasteiger partial charge is 0.0376 e. The van der Waals surface area contributed by atoms with E-state index in [9.17, 15) is 0 Å². The van der Waals surface area contributed by atoms with Crippen LogP contribution in [0.1, 0.15) is 44.6 Å². The van der Waals surface area contributed by atoms with Crippen LogP contribution in [0.25, 0.3) is 0 Å². The molecule has 0 amide bonds. The highest BCUT2D eigenvalue weighted by molar-refractivity contribution is 5.54. The molecule has 1 heterocycles. The Kier molecular flexibility index (Phi) is 4.65. The predicted octanol–water partition coefficient (Wildman–Crippen LogP) is 3.71. The number of benzene rings is 1. The zero-order valence-electron chi connectivity index (χ0n) is 11.9. The maximum Gasteiger partial charge on any atom is 0.0376 e. The molecule has 2 heteroatoms. The van der Waals surface area contributed by atoms with Gasteiger partial charge >= 0.3 is 0 Å². The zero-order valence-corrected chi connectivity index (χ0v) is 11.9. The first kappa shape index (κ1) is 13.4.